The van der Waals surface area contributed by atoms with Gasteiger partial charge in [0.15, 0.2) is 15.5 Å². The Balaban J connectivity index is 1.75. The van der Waals surface area contributed by atoms with E-state index in [4.69, 9.17) is 28.0 Å². The topological polar surface area (TPSA) is 93.5 Å². The van der Waals surface area contributed by atoms with Crippen molar-refractivity contribution in [2.75, 3.05) is 7.05 Å². The fourth-order valence-corrected chi connectivity index (χ4v) is 6.01. The summed E-state index contributed by atoms with van der Waals surface area (Å²) in [4.78, 5) is 14.4. The number of halogens is 3. The minimum atomic E-state index is -4.27. The summed E-state index contributed by atoms with van der Waals surface area (Å²) in [5.74, 6) is -0.867. The van der Waals surface area contributed by atoms with E-state index in [0.29, 0.717) is 11.1 Å². The number of amides is 1. The van der Waals surface area contributed by atoms with Crippen LogP contribution < -0.4 is 9.50 Å². The molecule has 1 aliphatic heterocycles. The molecule has 1 amide bonds. The molecule has 178 valence electrons. The molecule has 2 heterocycles. The number of hydrogen-bond donors (Lipinski definition) is 1. The lowest BCUT2D eigenvalue weighted by molar-refractivity contribution is -0.129. The average Bonchev–Trinajstić information content (AvgIpc) is 3.17. The van der Waals surface area contributed by atoms with Gasteiger partial charge in [0, 0.05) is 14.1 Å². The van der Waals surface area contributed by atoms with Crippen LogP contribution in [0.3, 0.4) is 0 Å². The fourth-order valence-electron chi connectivity index (χ4n) is 3.75. The van der Waals surface area contributed by atoms with Gasteiger partial charge < -0.3 is 9.50 Å². The summed E-state index contributed by atoms with van der Waals surface area (Å²) in [7, 11) is -1.22. The molecule has 3 aromatic rings. The van der Waals surface area contributed by atoms with Gasteiger partial charge in [0.05, 0.1) is 10.2 Å². The summed E-state index contributed by atoms with van der Waals surface area (Å²) < 4.78 is 46.2. The van der Waals surface area contributed by atoms with Crippen molar-refractivity contribution in [2.24, 2.45) is 7.05 Å². The predicted octanol–water partition coefficient (Wildman–Crippen LogP) is 3.64. The van der Waals surface area contributed by atoms with E-state index < -0.39 is 21.5 Å². The van der Waals surface area contributed by atoms with Crippen molar-refractivity contribution in [3.63, 3.8) is 0 Å². The van der Waals surface area contributed by atoms with Crippen LogP contribution >= 0.6 is 39.7 Å². The number of aromatic nitrogens is 2. The number of carbonyl (C=O) groups is 1. The van der Waals surface area contributed by atoms with Crippen molar-refractivity contribution in [1.82, 2.24) is 20.0 Å². The van der Waals surface area contributed by atoms with Gasteiger partial charge in [-0.05, 0) is 70.5 Å². The zero-order chi connectivity index (χ0) is 25.0. The summed E-state index contributed by atoms with van der Waals surface area (Å²) in [6.07, 6.45) is 0. The number of rotatable bonds is 5. The second kappa shape index (κ2) is 8.59. The van der Waals surface area contributed by atoms with Gasteiger partial charge in [-0.15, -0.1) is 0 Å². The number of carbonyl (C=O) groups excluding carboxylic acids is 1. The van der Waals surface area contributed by atoms with Crippen LogP contribution in [-0.2, 0) is 27.5 Å². The molecule has 1 unspecified atom stereocenters. The lowest BCUT2D eigenvalue weighted by Gasteiger charge is -2.28. The van der Waals surface area contributed by atoms with Crippen LogP contribution in [0.25, 0.3) is 0 Å². The van der Waals surface area contributed by atoms with Crippen LogP contribution in [0.15, 0.2) is 51.8 Å². The largest absolute Gasteiger partial charge is 0.379 e. The standard InChI is InChI=1S/C21H17BrClFN4O4S2/c1-11-17(18(23)28(3)26-11)34(30,31)32-14-7-4-12(5-8-14)21(19(29)27(2)20(33)25-21)13-6-9-16(24)15(22)10-13/h4-10H,1-3H3,(H,25,33). The zero-order valence-electron chi connectivity index (χ0n) is 18.0. The van der Waals surface area contributed by atoms with E-state index in [9.17, 15) is 17.6 Å². The highest BCUT2D eigenvalue weighted by Crippen LogP contribution is 2.38. The third-order valence-electron chi connectivity index (χ3n) is 5.42. The van der Waals surface area contributed by atoms with Crippen LogP contribution in [0.4, 0.5) is 4.39 Å². The van der Waals surface area contributed by atoms with Crippen LogP contribution in [-0.4, -0.2) is 41.2 Å². The van der Waals surface area contributed by atoms with Crippen molar-refractivity contribution in [3.05, 3.63) is 74.7 Å². The van der Waals surface area contributed by atoms with Crippen LogP contribution in [0.1, 0.15) is 16.8 Å². The number of benzene rings is 2. The molecule has 34 heavy (non-hydrogen) atoms. The Kier molecular flexibility index (Phi) is 6.21. The van der Waals surface area contributed by atoms with Gasteiger partial charge in [-0.3, -0.25) is 14.4 Å². The summed E-state index contributed by atoms with van der Waals surface area (Å²) in [6.45, 7) is 1.51. The Hall–Kier alpha value is -2.54. The highest BCUT2D eigenvalue weighted by atomic mass is 79.9. The average molecular weight is 588 g/mol. The Morgan fingerprint density at radius 1 is 1.18 bits per heavy atom. The van der Waals surface area contributed by atoms with Gasteiger partial charge in [-0.2, -0.15) is 13.5 Å². The maximum Gasteiger partial charge on any atom is 0.344 e. The Morgan fingerprint density at radius 2 is 1.79 bits per heavy atom. The van der Waals surface area contributed by atoms with Crippen molar-refractivity contribution < 1.29 is 21.8 Å². The molecule has 8 nitrogen and oxygen atoms in total. The molecule has 1 aromatic heterocycles. The lowest BCUT2D eigenvalue weighted by atomic mass is 9.82. The molecule has 1 saturated heterocycles. The first-order valence-corrected chi connectivity index (χ1v) is 12.7. The van der Waals surface area contributed by atoms with Crippen molar-refractivity contribution in [3.8, 4) is 5.75 Å². The first-order valence-electron chi connectivity index (χ1n) is 9.68. The van der Waals surface area contributed by atoms with Crippen LogP contribution in [0.2, 0.25) is 5.15 Å². The second-order valence-electron chi connectivity index (χ2n) is 7.56. The highest BCUT2D eigenvalue weighted by molar-refractivity contribution is 9.10. The number of aryl methyl sites for hydroxylation is 2. The van der Waals surface area contributed by atoms with E-state index in [-0.39, 0.29) is 37.0 Å². The fraction of sp³-hybridized carbons (Fsp3) is 0.190. The smallest absolute Gasteiger partial charge is 0.344 e. The van der Waals surface area contributed by atoms with Gasteiger partial charge in [-0.1, -0.05) is 29.8 Å². The van der Waals surface area contributed by atoms with Crippen molar-refractivity contribution in [2.45, 2.75) is 17.4 Å². The number of hydrogen-bond acceptors (Lipinski definition) is 6. The molecule has 0 radical (unpaired) electrons. The van der Waals surface area contributed by atoms with Gasteiger partial charge >= 0.3 is 10.1 Å². The van der Waals surface area contributed by atoms with E-state index in [1.165, 1.54) is 73.1 Å². The summed E-state index contributed by atoms with van der Waals surface area (Å²) in [5.41, 5.74) is -0.357. The van der Waals surface area contributed by atoms with Crippen molar-refractivity contribution in [1.29, 1.82) is 0 Å². The van der Waals surface area contributed by atoms with Gasteiger partial charge in [0.1, 0.15) is 16.7 Å². The zero-order valence-corrected chi connectivity index (χ0v) is 21.9. The Morgan fingerprint density at radius 3 is 2.29 bits per heavy atom. The molecule has 1 aliphatic rings. The molecular weight excluding hydrogens is 571 g/mol. The van der Waals surface area contributed by atoms with E-state index in [1.807, 2.05) is 0 Å². The number of likely N-dealkylation sites (N-methyl/N-ethyl adjacent to an activating group) is 1. The molecule has 0 saturated carbocycles. The summed E-state index contributed by atoms with van der Waals surface area (Å²) in [5, 5.41) is 7.14. The molecule has 2 aromatic carbocycles. The van der Waals surface area contributed by atoms with Gasteiger partial charge in [0.2, 0.25) is 0 Å². The normalized spacial score (nSPS) is 18.4. The molecule has 0 spiro atoms. The minimum Gasteiger partial charge on any atom is -0.379 e. The summed E-state index contributed by atoms with van der Waals surface area (Å²) >= 11 is 14.5. The van der Waals surface area contributed by atoms with E-state index in [0.717, 1.165) is 0 Å². The molecule has 1 fully saturated rings. The van der Waals surface area contributed by atoms with Gasteiger partial charge in [-0.25, -0.2) is 4.39 Å². The number of nitrogens with one attached hydrogen (secondary N) is 1. The third-order valence-corrected chi connectivity index (χ3v) is 8.35. The van der Waals surface area contributed by atoms with Crippen LogP contribution in [0.5, 0.6) is 5.75 Å². The summed E-state index contributed by atoms with van der Waals surface area (Å²) in [6, 6.07) is 10.1. The molecule has 0 aliphatic carbocycles. The first kappa shape index (κ1) is 24.6. The Labute approximate surface area is 213 Å². The lowest BCUT2D eigenvalue weighted by Crippen LogP contribution is -2.45. The second-order valence-corrected chi connectivity index (χ2v) is 10.6. The molecule has 13 heteroatoms. The van der Waals surface area contributed by atoms with Crippen LogP contribution in [0, 0.1) is 12.7 Å². The quantitative estimate of drug-likeness (QED) is 0.360. The predicted molar refractivity (Wildman–Crippen MR) is 131 cm³/mol. The maximum atomic E-state index is 13.9. The monoisotopic (exact) mass is 586 g/mol. The van der Waals surface area contributed by atoms with Gasteiger partial charge in [0.25, 0.3) is 5.91 Å². The van der Waals surface area contributed by atoms with E-state index in [1.54, 1.807) is 0 Å². The molecule has 1 atom stereocenters. The number of thiocarbonyl (C=S) groups is 1. The van der Waals surface area contributed by atoms with E-state index in [2.05, 4.69) is 26.3 Å². The minimum absolute atomic E-state index is 0.000108. The Bertz CT molecular complexity index is 1450. The number of nitrogens with zero attached hydrogens (tertiary/aromatic N) is 3. The first-order chi connectivity index (χ1) is 15.9. The van der Waals surface area contributed by atoms with Crippen molar-refractivity contribution >= 4 is 60.9 Å². The molecular formula is C21H17BrClFN4O4S2. The SMILES string of the molecule is Cc1nn(C)c(Cl)c1S(=O)(=O)Oc1ccc(C2(c3ccc(F)c(Br)c3)NC(=S)N(C)C2=O)cc1. The molecule has 4 rings (SSSR count). The maximum absolute atomic E-state index is 13.9. The van der Waals surface area contributed by atoms with E-state index >= 15 is 0 Å². The molecule has 0 bridgehead atoms. The highest BCUT2D eigenvalue weighted by Gasteiger charge is 2.51. The molecule has 1 N–H and O–H groups in total. The third kappa shape index (κ3) is 3.88.